The summed E-state index contributed by atoms with van der Waals surface area (Å²) in [5, 5.41) is 0.0767. The fraction of sp³-hybridized carbons (Fsp3) is 0.111. The Morgan fingerprint density at radius 3 is 2.44 bits per heavy atom. The fourth-order valence-electron chi connectivity index (χ4n) is 1.20. The summed E-state index contributed by atoms with van der Waals surface area (Å²) in [5.74, 6) is -0.467. The van der Waals surface area contributed by atoms with E-state index in [-0.39, 0.29) is 11.0 Å². The lowest BCUT2D eigenvalue weighted by Gasteiger charge is -2.10. The highest BCUT2D eigenvalue weighted by molar-refractivity contribution is 7.88. The van der Waals surface area contributed by atoms with Gasteiger partial charge in [0.1, 0.15) is 0 Å². The molecule has 9 heteroatoms. The summed E-state index contributed by atoms with van der Waals surface area (Å²) in [6, 6.07) is 3.81. The van der Waals surface area contributed by atoms with Crippen LogP contribution in [0, 0.1) is 0 Å². The number of aromatic nitrogens is 2. The topological polar surface area (TPSA) is 69.2 Å². The van der Waals surface area contributed by atoms with Crippen LogP contribution in [-0.4, -0.2) is 23.9 Å². The molecule has 0 bridgehead atoms. The standard InChI is InChI=1S/C9H5F3N2O3S/c10-9(11,12)18(15,16)17-7-3-5-14-8-6(7)2-1-4-13-8/h1-5H. The van der Waals surface area contributed by atoms with Crippen molar-refractivity contribution in [3.8, 4) is 5.75 Å². The number of alkyl halides is 3. The van der Waals surface area contributed by atoms with Crippen molar-refractivity contribution in [2.24, 2.45) is 0 Å². The van der Waals surface area contributed by atoms with Gasteiger partial charge in [0.05, 0.1) is 5.39 Å². The first kappa shape index (κ1) is 12.6. The molecule has 0 N–H and O–H groups in total. The Hall–Kier alpha value is -1.90. The molecule has 2 aromatic rings. The van der Waals surface area contributed by atoms with E-state index in [0.29, 0.717) is 0 Å². The normalized spacial score (nSPS) is 12.6. The molecule has 0 spiro atoms. The van der Waals surface area contributed by atoms with Gasteiger partial charge >= 0.3 is 15.6 Å². The molecule has 0 aromatic carbocycles. The minimum absolute atomic E-state index is 0.0767. The number of nitrogens with zero attached hydrogens (tertiary/aromatic N) is 2. The van der Waals surface area contributed by atoms with Gasteiger partial charge in [0.15, 0.2) is 11.4 Å². The number of rotatable bonds is 2. The first-order valence-electron chi connectivity index (χ1n) is 4.52. The van der Waals surface area contributed by atoms with Crippen molar-refractivity contribution in [3.05, 3.63) is 30.6 Å². The van der Waals surface area contributed by atoms with Crippen molar-refractivity contribution in [3.63, 3.8) is 0 Å². The lowest BCUT2D eigenvalue weighted by molar-refractivity contribution is -0.0499. The Labute approximate surface area is 99.4 Å². The second-order valence-corrected chi connectivity index (χ2v) is 4.70. The Balaban J connectivity index is 2.51. The third-order valence-corrected chi connectivity index (χ3v) is 2.92. The van der Waals surface area contributed by atoms with E-state index in [2.05, 4.69) is 14.2 Å². The van der Waals surface area contributed by atoms with Gasteiger partial charge in [-0.2, -0.15) is 21.6 Å². The summed E-state index contributed by atoms with van der Waals surface area (Å²) < 4.78 is 62.3. The molecular weight excluding hydrogens is 273 g/mol. The molecule has 0 radical (unpaired) electrons. The van der Waals surface area contributed by atoms with Crippen LogP contribution in [0.5, 0.6) is 5.75 Å². The van der Waals surface area contributed by atoms with Gasteiger partial charge in [-0.1, -0.05) is 0 Å². The molecule has 96 valence electrons. The third kappa shape index (κ3) is 2.21. The molecule has 0 unspecified atom stereocenters. The van der Waals surface area contributed by atoms with Crippen molar-refractivity contribution >= 4 is 21.2 Å². The van der Waals surface area contributed by atoms with Crippen molar-refractivity contribution in [1.29, 1.82) is 0 Å². The smallest absolute Gasteiger partial charge is 0.375 e. The van der Waals surface area contributed by atoms with E-state index in [1.54, 1.807) is 0 Å². The van der Waals surface area contributed by atoms with E-state index in [1.165, 1.54) is 18.3 Å². The molecule has 0 atom stereocenters. The minimum atomic E-state index is -5.70. The SMILES string of the molecule is O=S(=O)(Oc1ccnc2ncccc12)C(F)(F)F. The summed E-state index contributed by atoms with van der Waals surface area (Å²) in [7, 11) is -5.70. The van der Waals surface area contributed by atoms with Crippen LogP contribution < -0.4 is 4.18 Å². The van der Waals surface area contributed by atoms with E-state index >= 15 is 0 Å². The molecule has 0 fully saturated rings. The Kier molecular flexibility index (Phi) is 2.85. The average molecular weight is 278 g/mol. The second-order valence-electron chi connectivity index (χ2n) is 3.17. The first-order chi connectivity index (χ1) is 8.31. The van der Waals surface area contributed by atoms with Gasteiger partial charge in [-0.25, -0.2) is 9.97 Å². The van der Waals surface area contributed by atoms with E-state index < -0.39 is 21.4 Å². The number of pyridine rings is 2. The van der Waals surface area contributed by atoms with Crippen LogP contribution in [0.1, 0.15) is 0 Å². The minimum Gasteiger partial charge on any atom is -0.375 e. The molecule has 2 aromatic heterocycles. The molecule has 2 rings (SSSR count). The van der Waals surface area contributed by atoms with Gasteiger partial charge in [-0.05, 0) is 12.1 Å². The molecule has 5 nitrogen and oxygen atoms in total. The maximum Gasteiger partial charge on any atom is 0.534 e. The highest BCUT2D eigenvalue weighted by Gasteiger charge is 2.48. The summed E-state index contributed by atoms with van der Waals surface area (Å²) in [6.45, 7) is 0. The zero-order valence-electron chi connectivity index (χ0n) is 8.55. The molecule has 0 aliphatic rings. The zero-order chi connectivity index (χ0) is 13.4. The van der Waals surface area contributed by atoms with Gasteiger partial charge in [0.25, 0.3) is 0 Å². The fourth-order valence-corrected chi connectivity index (χ4v) is 1.67. The number of halogens is 3. The van der Waals surface area contributed by atoms with E-state index in [9.17, 15) is 21.6 Å². The quantitative estimate of drug-likeness (QED) is 0.619. The van der Waals surface area contributed by atoms with Crippen LogP contribution in [0.4, 0.5) is 13.2 Å². The highest BCUT2D eigenvalue weighted by atomic mass is 32.2. The van der Waals surface area contributed by atoms with Gasteiger partial charge < -0.3 is 4.18 Å². The predicted octanol–water partition coefficient (Wildman–Crippen LogP) is 1.86. The largest absolute Gasteiger partial charge is 0.534 e. The van der Waals surface area contributed by atoms with Crippen molar-refractivity contribution in [2.75, 3.05) is 0 Å². The van der Waals surface area contributed by atoms with E-state index in [4.69, 9.17) is 0 Å². The van der Waals surface area contributed by atoms with Crippen LogP contribution in [0.2, 0.25) is 0 Å². The van der Waals surface area contributed by atoms with Gasteiger partial charge in [-0.3, -0.25) is 0 Å². The molecule has 0 aliphatic heterocycles. The molecule has 0 amide bonds. The van der Waals surface area contributed by atoms with Gasteiger partial charge in [-0.15, -0.1) is 0 Å². The van der Waals surface area contributed by atoms with Crippen molar-refractivity contribution < 1.29 is 25.8 Å². The lowest BCUT2D eigenvalue weighted by Crippen LogP contribution is -2.28. The van der Waals surface area contributed by atoms with Crippen LogP contribution >= 0.6 is 0 Å². The van der Waals surface area contributed by atoms with Crippen LogP contribution in [0.25, 0.3) is 11.0 Å². The lowest BCUT2D eigenvalue weighted by atomic mass is 10.3. The Bertz CT molecular complexity index is 680. The maximum atomic E-state index is 12.2. The first-order valence-corrected chi connectivity index (χ1v) is 5.92. The summed E-state index contributed by atoms with van der Waals surface area (Å²) >= 11 is 0. The van der Waals surface area contributed by atoms with Gasteiger partial charge in [0, 0.05) is 18.5 Å². The van der Waals surface area contributed by atoms with Crippen LogP contribution in [-0.2, 0) is 10.1 Å². The number of fused-ring (bicyclic) bond motifs is 1. The van der Waals surface area contributed by atoms with Crippen molar-refractivity contribution in [2.45, 2.75) is 5.51 Å². The Morgan fingerprint density at radius 1 is 1.11 bits per heavy atom. The third-order valence-electron chi connectivity index (χ3n) is 1.96. The Morgan fingerprint density at radius 2 is 1.78 bits per heavy atom. The molecular formula is C9H5F3N2O3S. The maximum absolute atomic E-state index is 12.2. The molecule has 0 saturated carbocycles. The number of hydrogen-bond donors (Lipinski definition) is 0. The number of hydrogen-bond acceptors (Lipinski definition) is 5. The van der Waals surface area contributed by atoms with Crippen molar-refractivity contribution in [1.82, 2.24) is 9.97 Å². The second kappa shape index (κ2) is 4.09. The van der Waals surface area contributed by atoms with Crippen LogP contribution in [0.3, 0.4) is 0 Å². The average Bonchev–Trinajstić information content (AvgIpc) is 2.27. The molecule has 0 aliphatic carbocycles. The molecule has 2 heterocycles. The summed E-state index contributed by atoms with van der Waals surface area (Å²) in [6.07, 6.45) is 2.48. The highest BCUT2D eigenvalue weighted by Crippen LogP contribution is 2.30. The summed E-state index contributed by atoms with van der Waals surface area (Å²) in [5.41, 5.74) is -5.39. The summed E-state index contributed by atoms with van der Waals surface area (Å²) in [4.78, 5) is 7.53. The molecule has 0 saturated heterocycles. The monoisotopic (exact) mass is 278 g/mol. The van der Waals surface area contributed by atoms with Crippen LogP contribution in [0.15, 0.2) is 30.6 Å². The van der Waals surface area contributed by atoms with Gasteiger partial charge in [0.2, 0.25) is 0 Å². The zero-order valence-corrected chi connectivity index (χ0v) is 9.36. The van der Waals surface area contributed by atoms with E-state index in [0.717, 1.165) is 12.3 Å². The molecule has 18 heavy (non-hydrogen) atoms. The van der Waals surface area contributed by atoms with E-state index in [1.807, 2.05) is 0 Å². The predicted molar refractivity (Wildman–Crippen MR) is 55.1 cm³/mol.